The largest absolute Gasteiger partial charge is 0.432 e. The fraction of sp³-hybridized carbons (Fsp3) is 0.200. The molecule has 0 saturated carbocycles. The Kier molecular flexibility index (Phi) is 4.57. The molecular weight excluding hydrogens is 281 g/mol. The summed E-state index contributed by atoms with van der Waals surface area (Å²) in [4.78, 5) is 0. The second-order valence-corrected chi connectivity index (χ2v) is 4.42. The summed E-state index contributed by atoms with van der Waals surface area (Å²) in [6.45, 7) is -1.06. The summed E-state index contributed by atoms with van der Waals surface area (Å²) in [5.74, 6) is -1.48. The van der Waals surface area contributed by atoms with E-state index in [0.717, 1.165) is 24.1 Å². The molecule has 6 heteroatoms. The number of halogens is 3. The first-order chi connectivity index (χ1) is 9.99. The third-order valence-corrected chi connectivity index (χ3v) is 2.96. The van der Waals surface area contributed by atoms with E-state index in [-0.39, 0.29) is 5.69 Å². The van der Waals surface area contributed by atoms with Crippen molar-refractivity contribution in [1.29, 1.82) is 0 Å². The van der Waals surface area contributed by atoms with E-state index in [4.69, 9.17) is 5.73 Å². The van der Waals surface area contributed by atoms with Gasteiger partial charge in [-0.05, 0) is 24.1 Å². The maximum absolute atomic E-state index is 13.5. The smallest absolute Gasteiger partial charge is 0.387 e. The van der Waals surface area contributed by atoms with Gasteiger partial charge in [0.25, 0.3) is 0 Å². The maximum Gasteiger partial charge on any atom is 0.387 e. The van der Waals surface area contributed by atoms with Crippen molar-refractivity contribution in [2.24, 2.45) is 0 Å². The maximum atomic E-state index is 13.5. The molecule has 0 aromatic heterocycles. The van der Waals surface area contributed by atoms with Crippen LogP contribution in [0.15, 0.2) is 36.4 Å². The highest BCUT2D eigenvalue weighted by Gasteiger charge is 2.13. The Bertz CT molecular complexity index is 615. The summed E-state index contributed by atoms with van der Waals surface area (Å²) in [7, 11) is 0. The van der Waals surface area contributed by atoms with E-state index < -0.39 is 18.2 Å². The average molecular weight is 296 g/mol. The number of aryl methyl sites for hydroxylation is 1. The molecule has 2 aromatic rings. The lowest BCUT2D eigenvalue weighted by molar-refractivity contribution is -0.0521. The van der Waals surface area contributed by atoms with Gasteiger partial charge in [0.2, 0.25) is 0 Å². The zero-order valence-corrected chi connectivity index (χ0v) is 11.4. The highest BCUT2D eigenvalue weighted by atomic mass is 19.3. The summed E-state index contributed by atoms with van der Waals surface area (Å²) in [5.41, 5.74) is 7.96. The molecule has 3 N–H and O–H groups in total. The first kappa shape index (κ1) is 15.0. The van der Waals surface area contributed by atoms with Crippen LogP contribution in [0.3, 0.4) is 0 Å². The number of nitrogens with two attached hydrogens (primary N) is 1. The van der Waals surface area contributed by atoms with E-state index in [2.05, 4.69) is 10.1 Å². The van der Waals surface area contributed by atoms with Crippen molar-refractivity contribution in [1.82, 2.24) is 0 Å². The van der Waals surface area contributed by atoms with Crippen molar-refractivity contribution in [2.45, 2.75) is 20.0 Å². The van der Waals surface area contributed by atoms with E-state index in [0.29, 0.717) is 11.4 Å². The lowest BCUT2D eigenvalue weighted by atomic mass is 10.1. The molecular formula is C15H15F3N2O. The summed E-state index contributed by atoms with van der Waals surface area (Å²) in [5, 5.41) is 2.95. The van der Waals surface area contributed by atoms with Crippen LogP contribution in [0.5, 0.6) is 5.75 Å². The normalized spacial score (nSPS) is 10.7. The Morgan fingerprint density at radius 1 is 1.19 bits per heavy atom. The summed E-state index contributed by atoms with van der Waals surface area (Å²) in [6, 6.07) is 9.58. The van der Waals surface area contributed by atoms with Gasteiger partial charge < -0.3 is 15.8 Å². The van der Waals surface area contributed by atoms with Gasteiger partial charge in [-0.1, -0.05) is 19.1 Å². The van der Waals surface area contributed by atoms with Crippen molar-refractivity contribution in [2.75, 3.05) is 11.1 Å². The summed E-state index contributed by atoms with van der Waals surface area (Å²) >= 11 is 0. The molecule has 0 aliphatic rings. The van der Waals surface area contributed by atoms with Crippen LogP contribution < -0.4 is 15.8 Å². The minimum absolute atomic E-state index is 0.105. The number of rotatable bonds is 5. The van der Waals surface area contributed by atoms with Crippen LogP contribution in [-0.4, -0.2) is 6.61 Å². The SMILES string of the molecule is CCc1ccc(Nc2cc(OC(F)F)c(F)cc2N)cc1. The lowest BCUT2D eigenvalue weighted by Gasteiger charge is -2.13. The van der Waals surface area contributed by atoms with Crippen molar-refractivity contribution < 1.29 is 17.9 Å². The molecule has 2 rings (SSSR count). The fourth-order valence-electron chi connectivity index (χ4n) is 1.84. The van der Waals surface area contributed by atoms with E-state index in [1.54, 1.807) is 0 Å². The van der Waals surface area contributed by atoms with Gasteiger partial charge in [0.15, 0.2) is 11.6 Å². The van der Waals surface area contributed by atoms with Crippen LogP contribution >= 0.6 is 0 Å². The number of nitrogen functional groups attached to an aromatic ring is 1. The Hall–Kier alpha value is -2.37. The molecule has 0 bridgehead atoms. The molecule has 3 nitrogen and oxygen atoms in total. The van der Waals surface area contributed by atoms with E-state index in [1.165, 1.54) is 0 Å². The number of benzene rings is 2. The Balaban J connectivity index is 2.25. The minimum Gasteiger partial charge on any atom is -0.432 e. The first-order valence-electron chi connectivity index (χ1n) is 6.39. The van der Waals surface area contributed by atoms with Gasteiger partial charge in [-0.25, -0.2) is 4.39 Å². The van der Waals surface area contributed by atoms with Crippen LogP contribution in [0.25, 0.3) is 0 Å². The van der Waals surface area contributed by atoms with Gasteiger partial charge in [0.1, 0.15) is 0 Å². The van der Waals surface area contributed by atoms with Crippen LogP contribution in [0.2, 0.25) is 0 Å². The molecule has 0 spiro atoms. The molecule has 0 unspecified atom stereocenters. The second kappa shape index (κ2) is 6.39. The second-order valence-electron chi connectivity index (χ2n) is 4.42. The molecule has 0 heterocycles. The van der Waals surface area contributed by atoms with Gasteiger partial charge >= 0.3 is 6.61 Å². The highest BCUT2D eigenvalue weighted by Crippen LogP contribution is 2.31. The van der Waals surface area contributed by atoms with Gasteiger partial charge in [-0.2, -0.15) is 8.78 Å². The monoisotopic (exact) mass is 296 g/mol. The van der Waals surface area contributed by atoms with Gasteiger partial charge in [-0.15, -0.1) is 0 Å². The zero-order chi connectivity index (χ0) is 15.4. The van der Waals surface area contributed by atoms with Crippen LogP contribution in [0, 0.1) is 5.82 Å². The number of ether oxygens (including phenoxy) is 1. The number of hydrogen-bond acceptors (Lipinski definition) is 3. The predicted octanol–water partition coefficient (Wildman–Crippen LogP) is 4.32. The Labute approximate surface area is 120 Å². The molecule has 112 valence electrons. The van der Waals surface area contributed by atoms with Gasteiger partial charge in [-0.3, -0.25) is 0 Å². The standard InChI is InChI=1S/C15H15F3N2O/c1-2-9-3-5-10(6-4-9)20-13-8-14(21-15(17)18)11(16)7-12(13)19/h3-8,15,20H,2,19H2,1H3. The fourth-order valence-corrected chi connectivity index (χ4v) is 1.84. The predicted molar refractivity (Wildman–Crippen MR) is 76.5 cm³/mol. The number of nitrogens with one attached hydrogen (secondary N) is 1. The van der Waals surface area contributed by atoms with E-state index >= 15 is 0 Å². The summed E-state index contributed by atoms with van der Waals surface area (Å²) < 4.78 is 42.0. The molecule has 21 heavy (non-hydrogen) atoms. The summed E-state index contributed by atoms with van der Waals surface area (Å²) in [6.07, 6.45) is 0.908. The third-order valence-electron chi connectivity index (χ3n) is 2.96. The zero-order valence-electron chi connectivity index (χ0n) is 11.4. The number of hydrogen-bond donors (Lipinski definition) is 2. The molecule has 0 radical (unpaired) electrons. The third kappa shape index (κ3) is 3.81. The highest BCUT2D eigenvalue weighted by molar-refractivity contribution is 5.74. The van der Waals surface area contributed by atoms with Crippen LogP contribution in [-0.2, 0) is 6.42 Å². The quantitative estimate of drug-likeness (QED) is 0.808. The van der Waals surface area contributed by atoms with Crippen LogP contribution in [0.4, 0.5) is 30.2 Å². The number of anilines is 3. The minimum atomic E-state index is -3.10. The van der Waals surface area contributed by atoms with Crippen molar-refractivity contribution >= 4 is 17.1 Å². The topological polar surface area (TPSA) is 47.3 Å². The first-order valence-corrected chi connectivity index (χ1v) is 6.39. The molecule has 0 fully saturated rings. The van der Waals surface area contributed by atoms with Gasteiger partial charge in [0, 0.05) is 17.8 Å². The van der Waals surface area contributed by atoms with E-state index in [9.17, 15) is 13.2 Å². The van der Waals surface area contributed by atoms with Crippen molar-refractivity contribution in [3.8, 4) is 5.75 Å². The molecule has 0 saturated heterocycles. The van der Waals surface area contributed by atoms with Crippen molar-refractivity contribution in [3.63, 3.8) is 0 Å². The van der Waals surface area contributed by atoms with E-state index in [1.807, 2.05) is 31.2 Å². The number of alkyl halides is 2. The molecule has 2 aromatic carbocycles. The Morgan fingerprint density at radius 3 is 2.43 bits per heavy atom. The lowest BCUT2D eigenvalue weighted by Crippen LogP contribution is -2.05. The van der Waals surface area contributed by atoms with Gasteiger partial charge in [0.05, 0.1) is 11.4 Å². The molecule has 0 atom stereocenters. The van der Waals surface area contributed by atoms with Crippen LogP contribution in [0.1, 0.15) is 12.5 Å². The molecule has 0 aliphatic carbocycles. The Morgan fingerprint density at radius 2 is 1.86 bits per heavy atom. The molecule has 0 aliphatic heterocycles. The average Bonchev–Trinajstić information content (AvgIpc) is 2.44. The van der Waals surface area contributed by atoms with Crippen molar-refractivity contribution in [3.05, 3.63) is 47.8 Å². The molecule has 0 amide bonds.